The van der Waals surface area contributed by atoms with Gasteiger partial charge in [0.2, 0.25) is 0 Å². The van der Waals surface area contributed by atoms with Crippen molar-refractivity contribution in [1.29, 1.82) is 0 Å². The molecule has 2 amide bonds. The first-order valence-electron chi connectivity index (χ1n) is 10.4. The molecule has 33 heavy (non-hydrogen) atoms. The van der Waals surface area contributed by atoms with Crippen molar-refractivity contribution in [3.63, 3.8) is 0 Å². The molecule has 8 nitrogen and oxygen atoms in total. The summed E-state index contributed by atoms with van der Waals surface area (Å²) < 4.78 is 5.43. The highest BCUT2D eigenvalue weighted by molar-refractivity contribution is 6.13. The summed E-state index contributed by atoms with van der Waals surface area (Å²) in [6.07, 6.45) is 0.335. The second kappa shape index (κ2) is 7.46. The number of rotatable bonds is 4. The number of hydrogen-bond acceptors (Lipinski definition) is 5. The molecule has 1 atom stereocenters. The van der Waals surface area contributed by atoms with Crippen LogP contribution in [0.4, 0.5) is 11.4 Å². The van der Waals surface area contributed by atoms with Crippen molar-refractivity contribution >= 4 is 29.2 Å². The van der Waals surface area contributed by atoms with Crippen LogP contribution in [-0.2, 0) is 16.9 Å². The number of carboxylic acids is 1. The summed E-state index contributed by atoms with van der Waals surface area (Å²) in [6, 6.07) is 16.2. The maximum absolute atomic E-state index is 13.6. The third kappa shape index (κ3) is 2.99. The number of aromatic carboxylic acids is 1. The quantitative estimate of drug-likeness (QED) is 0.569. The van der Waals surface area contributed by atoms with Crippen LogP contribution in [0, 0.1) is 0 Å². The summed E-state index contributed by atoms with van der Waals surface area (Å²) in [7, 11) is 0. The maximum atomic E-state index is 13.6. The van der Waals surface area contributed by atoms with Gasteiger partial charge in [-0.15, -0.1) is 0 Å². The molecule has 2 heterocycles. The van der Waals surface area contributed by atoms with Crippen LogP contribution in [-0.4, -0.2) is 34.6 Å². The van der Waals surface area contributed by atoms with Crippen molar-refractivity contribution in [3.05, 3.63) is 88.5 Å². The van der Waals surface area contributed by atoms with Crippen LogP contribution in [0.2, 0.25) is 0 Å². The van der Waals surface area contributed by atoms with Gasteiger partial charge in [-0.05, 0) is 48.4 Å². The number of nitrogens with zero attached hydrogens (tertiary/aromatic N) is 1. The summed E-state index contributed by atoms with van der Waals surface area (Å²) in [5.41, 5.74) is 0.232. The molecular formula is C25H20N2O6. The number of hydrogen-bond donors (Lipinski definition) is 3. The number of fused-ring (bicyclic) bond motifs is 2. The Hall–Kier alpha value is -4.17. The molecule has 0 bridgehead atoms. The van der Waals surface area contributed by atoms with E-state index < -0.39 is 17.6 Å². The smallest absolute Gasteiger partial charge is 0.336 e. The second-order valence-electron chi connectivity index (χ2n) is 7.87. The lowest BCUT2D eigenvalue weighted by Gasteiger charge is -2.36. The molecular weight excluding hydrogens is 424 g/mol. The molecule has 2 aliphatic heterocycles. The maximum Gasteiger partial charge on any atom is 0.336 e. The number of benzene rings is 3. The van der Waals surface area contributed by atoms with Crippen LogP contribution in [0.25, 0.3) is 0 Å². The van der Waals surface area contributed by atoms with Crippen LogP contribution in [0.3, 0.4) is 0 Å². The monoisotopic (exact) mass is 444 g/mol. The van der Waals surface area contributed by atoms with E-state index in [0.717, 1.165) is 0 Å². The number of nitrogens with one attached hydrogen (secondary N) is 1. The largest absolute Gasteiger partial charge is 0.482 e. The zero-order valence-electron chi connectivity index (χ0n) is 17.7. The topological polar surface area (TPSA) is 116 Å². The Balaban J connectivity index is 1.77. The minimum atomic E-state index is -1.94. The molecule has 0 spiro atoms. The molecule has 166 valence electrons. The number of carbonyl (C=O) groups is 3. The highest BCUT2D eigenvalue weighted by Crippen LogP contribution is 2.47. The molecule has 0 aromatic heterocycles. The van der Waals surface area contributed by atoms with Crippen LogP contribution in [0.1, 0.15) is 44.3 Å². The van der Waals surface area contributed by atoms with Gasteiger partial charge in [-0.25, -0.2) is 4.79 Å². The van der Waals surface area contributed by atoms with Gasteiger partial charge in [-0.1, -0.05) is 31.2 Å². The van der Waals surface area contributed by atoms with Crippen molar-refractivity contribution in [2.45, 2.75) is 19.1 Å². The van der Waals surface area contributed by atoms with Gasteiger partial charge in [0.1, 0.15) is 5.75 Å². The zero-order valence-corrected chi connectivity index (χ0v) is 17.7. The van der Waals surface area contributed by atoms with E-state index in [1.54, 1.807) is 61.5 Å². The fourth-order valence-corrected chi connectivity index (χ4v) is 4.59. The van der Waals surface area contributed by atoms with Crippen molar-refractivity contribution < 1.29 is 29.3 Å². The molecule has 0 radical (unpaired) electrons. The number of carbonyl (C=O) groups excluding carboxylic acids is 2. The summed E-state index contributed by atoms with van der Waals surface area (Å²) in [6.45, 7) is 1.69. The van der Waals surface area contributed by atoms with E-state index in [2.05, 4.69) is 5.32 Å². The Morgan fingerprint density at radius 1 is 1.12 bits per heavy atom. The third-order valence-corrected chi connectivity index (χ3v) is 6.05. The standard InChI is InChI=1S/C25H20N2O6/c1-2-15-16(24(30)31)7-5-9-20(15)27-23(29)17-6-3-4-8-18(17)25(27,32)14-10-11-21-19(12-14)26-22(28)13-33-21/h3-12,32H,2,13H2,1H3,(H,26,28)(H,30,31). The van der Waals surface area contributed by atoms with E-state index in [1.165, 1.54) is 11.0 Å². The summed E-state index contributed by atoms with van der Waals surface area (Å²) >= 11 is 0. The second-order valence-corrected chi connectivity index (χ2v) is 7.87. The highest BCUT2D eigenvalue weighted by atomic mass is 16.5. The third-order valence-electron chi connectivity index (χ3n) is 6.05. The van der Waals surface area contributed by atoms with E-state index in [-0.39, 0.29) is 18.1 Å². The van der Waals surface area contributed by atoms with Gasteiger partial charge in [-0.3, -0.25) is 14.5 Å². The van der Waals surface area contributed by atoms with Gasteiger partial charge < -0.3 is 20.3 Å². The number of ether oxygens (including phenoxy) is 1. The predicted octanol–water partition coefficient (Wildman–Crippen LogP) is 3.13. The van der Waals surface area contributed by atoms with E-state index in [4.69, 9.17) is 4.74 Å². The first-order chi connectivity index (χ1) is 15.9. The lowest BCUT2D eigenvalue weighted by atomic mass is 9.92. The number of amides is 2. The molecule has 0 saturated carbocycles. The summed E-state index contributed by atoms with van der Waals surface area (Å²) in [5, 5.41) is 24.6. The predicted molar refractivity (Wildman–Crippen MR) is 120 cm³/mol. The van der Waals surface area contributed by atoms with Crippen molar-refractivity contribution in [3.8, 4) is 5.75 Å². The SMILES string of the molecule is CCc1c(C(=O)O)cccc1N1C(=O)c2ccccc2C1(O)c1ccc2c(c1)NC(=O)CO2. The average molecular weight is 444 g/mol. The first-order valence-corrected chi connectivity index (χ1v) is 10.4. The average Bonchev–Trinajstić information content (AvgIpc) is 3.05. The van der Waals surface area contributed by atoms with Crippen LogP contribution in [0.15, 0.2) is 60.7 Å². The Morgan fingerprint density at radius 3 is 2.67 bits per heavy atom. The number of carboxylic acid groups (broad SMARTS) is 1. The lowest BCUT2D eigenvalue weighted by Crippen LogP contribution is -2.45. The van der Waals surface area contributed by atoms with Gasteiger partial charge >= 0.3 is 5.97 Å². The van der Waals surface area contributed by atoms with Gasteiger partial charge in [0.25, 0.3) is 11.8 Å². The molecule has 5 rings (SSSR count). The van der Waals surface area contributed by atoms with E-state index >= 15 is 0 Å². The molecule has 0 aliphatic carbocycles. The number of anilines is 2. The van der Waals surface area contributed by atoms with E-state index in [9.17, 15) is 24.6 Å². The molecule has 3 aromatic carbocycles. The molecule has 8 heteroatoms. The highest BCUT2D eigenvalue weighted by Gasteiger charge is 2.51. The molecule has 3 N–H and O–H groups in total. The first kappa shape index (κ1) is 20.7. The molecule has 0 fully saturated rings. The van der Waals surface area contributed by atoms with E-state index in [0.29, 0.717) is 45.8 Å². The summed E-state index contributed by atoms with van der Waals surface area (Å²) in [4.78, 5) is 38.5. The zero-order chi connectivity index (χ0) is 23.3. The Bertz CT molecular complexity index is 1330. The Labute approximate surface area is 189 Å². The van der Waals surface area contributed by atoms with Crippen LogP contribution >= 0.6 is 0 Å². The molecule has 1 unspecified atom stereocenters. The Morgan fingerprint density at radius 2 is 1.91 bits per heavy atom. The van der Waals surface area contributed by atoms with E-state index in [1.807, 2.05) is 0 Å². The molecule has 0 saturated heterocycles. The van der Waals surface area contributed by atoms with Crippen LogP contribution < -0.4 is 15.0 Å². The molecule has 3 aromatic rings. The van der Waals surface area contributed by atoms with Gasteiger partial charge in [-0.2, -0.15) is 0 Å². The van der Waals surface area contributed by atoms with Crippen LogP contribution in [0.5, 0.6) is 5.75 Å². The van der Waals surface area contributed by atoms with Crippen molar-refractivity contribution in [2.24, 2.45) is 0 Å². The lowest BCUT2D eigenvalue weighted by molar-refractivity contribution is -0.118. The summed E-state index contributed by atoms with van der Waals surface area (Å²) in [5.74, 6) is -1.44. The molecule has 2 aliphatic rings. The number of aliphatic hydroxyl groups is 1. The fourth-order valence-electron chi connectivity index (χ4n) is 4.59. The fraction of sp³-hybridized carbons (Fsp3) is 0.160. The normalized spacial score (nSPS) is 18.9. The minimum absolute atomic E-state index is 0.0622. The van der Waals surface area contributed by atoms with Crippen molar-refractivity contribution in [2.75, 3.05) is 16.8 Å². The van der Waals surface area contributed by atoms with Gasteiger partial charge in [0.15, 0.2) is 12.3 Å². The Kier molecular flexibility index (Phi) is 4.68. The van der Waals surface area contributed by atoms with Gasteiger partial charge in [0, 0.05) is 16.7 Å². The minimum Gasteiger partial charge on any atom is -0.482 e. The van der Waals surface area contributed by atoms with Gasteiger partial charge in [0.05, 0.1) is 16.9 Å². The van der Waals surface area contributed by atoms with Crippen molar-refractivity contribution in [1.82, 2.24) is 0 Å².